The van der Waals surface area contributed by atoms with E-state index in [2.05, 4.69) is 0 Å². The first kappa shape index (κ1) is 14.1. The van der Waals surface area contributed by atoms with Crippen LogP contribution in [0.4, 0.5) is 11.4 Å². The summed E-state index contributed by atoms with van der Waals surface area (Å²) in [5.74, 6) is 0.445. The molecule has 4 nitrogen and oxygen atoms in total. The number of rotatable bonds is 3. The summed E-state index contributed by atoms with van der Waals surface area (Å²) in [4.78, 5) is 0. The minimum Gasteiger partial charge on any atom is -0.507 e. The first-order valence-electron chi connectivity index (χ1n) is 6.60. The number of benzene rings is 2. The minimum atomic E-state index is 0.207. The molecule has 2 aromatic rings. The third-order valence-corrected chi connectivity index (χ3v) is 3.45. The van der Waals surface area contributed by atoms with Gasteiger partial charge >= 0.3 is 0 Å². The molecule has 2 aromatic carbocycles. The van der Waals surface area contributed by atoms with Crippen LogP contribution in [-0.4, -0.2) is 10.2 Å². The first-order chi connectivity index (χ1) is 9.42. The molecule has 0 radical (unpaired) electrons. The van der Waals surface area contributed by atoms with Crippen LogP contribution in [0, 0.1) is 6.92 Å². The van der Waals surface area contributed by atoms with E-state index in [1.54, 1.807) is 31.2 Å². The third kappa shape index (κ3) is 2.64. The van der Waals surface area contributed by atoms with Crippen LogP contribution in [0.3, 0.4) is 0 Å². The van der Waals surface area contributed by atoms with Crippen LogP contribution in [0.1, 0.15) is 29.2 Å². The summed E-state index contributed by atoms with van der Waals surface area (Å²) in [5.41, 5.74) is 15.8. The van der Waals surface area contributed by atoms with Crippen LogP contribution in [0.25, 0.3) is 0 Å². The second-order valence-electron chi connectivity index (χ2n) is 5.06. The molecule has 0 saturated heterocycles. The fraction of sp³-hybridized carbons (Fsp3) is 0.250. The van der Waals surface area contributed by atoms with Gasteiger partial charge in [-0.05, 0) is 48.7 Å². The lowest BCUT2D eigenvalue weighted by atomic mass is 9.97. The highest BCUT2D eigenvalue weighted by molar-refractivity contribution is 5.57. The molecule has 2 rings (SSSR count). The summed E-state index contributed by atoms with van der Waals surface area (Å²) in [5, 5.41) is 20.3. The molecular formula is C16H20N2O2. The normalized spacial score (nSPS) is 10.7. The molecule has 0 saturated carbocycles. The molecule has 0 aliphatic carbocycles. The Labute approximate surface area is 118 Å². The fourth-order valence-electron chi connectivity index (χ4n) is 2.41. The number of hydrogen-bond donors (Lipinski definition) is 4. The summed E-state index contributed by atoms with van der Waals surface area (Å²) >= 11 is 0. The van der Waals surface area contributed by atoms with Crippen molar-refractivity contribution in [2.24, 2.45) is 0 Å². The highest BCUT2D eigenvalue weighted by atomic mass is 16.3. The molecule has 0 aliphatic rings. The SMILES string of the molecule is CCc1cc(N)cc(Cc2cc(N)cc(C)c2O)c1O. The van der Waals surface area contributed by atoms with E-state index in [0.29, 0.717) is 35.3 Å². The van der Waals surface area contributed by atoms with Gasteiger partial charge in [0.1, 0.15) is 11.5 Å². The molecule has 0 bridgehead atoms. The molecule has 20 heavy (non-hydrogen) atoms. The summed E-state index contributed by atoms with van der Waals surface area (Å²) in [7, 11) is 0. The molecule has 0 fully saturated rings. The monoisotopic (exact) mass is 272 g/mol. The van der Waals surface area contributed by atoms with E-state index in [-0.39, 0.29) is 11.5 Å². The Morgan fingerprint density at radius 2 is 1.35 bits per heavy atom. The van der Waals surface area contributed by atoms with Crippen molar-refractivity contribution in [1.82, 2.24) is 0 Å². The van der Waals surface area contributed by atoms with Gasteiger partial charge in [0.05, 0.1) is 0 Å². The van der Waals surface area contributed by atoms with Crippen LogP contribution in [0.2, 0.25) is 0 Å². The van der Waals surface area contributed by atoms with Gasteiger partial charge in [0.25, 0.3) is 0 Å². The second kappa shape index (κ2) is 5.33. The zero-order chi connectivity index (χ0) is 14.9. The molecule has 0 unspecified atom stereocenters. The van der Waals surface area contributed by atoms with Crippen LogP contribution in [0.5, 0.6) is 11.5 Å². The molecule has 106 valence electrons. The highest BCUT2D eigenvalue weighted by Gasteiger charge is 2.12. The van der Waals surface area contributed by atoms with E-state index in [1.165, 1.54) is 0 Å². The number of anilines is 2. The topological polar surface area (TPSA) is 92.5 Å². The smallest absolute Gasteiger partial charge is 0.122 e. The van der Waals surface area contributed by atoms with Crippen molar-refractivity contribution in [3.05, 3.63) is 46.5 Å². The van der Waals surface area contributed by atoms with E-state index in [4.69, 9.17) is 11.5 Å². The lowest BCUT2D eigenvalue weighted by Crippen LogP contribution is -1.98. The van der Waals surface area contributed by atoms with Gasteiger partial charge in [-0.25, -0.2) is 0 Å². The predicted octanol–water partition coefficient (Wildman–Crippen LogP) is 2.72. The average molecular weight is 272 g/mol. The molecule has 0 atom stereocenters. The number of hydrogen-bond acceptors (Lipinski definition) is 4. The number of nitrogens with two attached hydrogens (primary N) is 2. The van der Waals surface area contributed by atoms with Crippen LogP contribution in [-0.2, 0) is 12.8 Å². The molecule has 0 aliphatic heterocycles. The standard InChI is InChI=1S/C16H20N2O2/c1-3-10-6-14(18)8-12(16(10)20)5-11-7-13(17)4-9(2)15(11)19/h4,6-8,19-20H,3,5,17-18H2,1-2H3. The molecule has 0 spiro atoms. The van der Waals surface area contributed by atoms with E-state index in [0.717, 1.165) is 11.1 Å². The van der Waals surface area contributed by atoms with Crippen molar-refractivity contribution < 1.29 is 10.2 Å². The predicted molar refractivity (Wildman–Crippen MR) is 82.0 cm³/mol. The van der Waals surface area contributed by atoms with Gasteiger partial charge in [0.2, 0.25) is 0 Å². The quantitative estimate of drug-likeness (QED) is 0.510. The van der Waals surface area contributed by atoms with Crippen LogP contribution >= 0.6 is 0 Å². The number of aryl methyl sites for hydroxylation is 2. The molecule has 0 aromatic heterocycles. The van der Waals surface area contributed by atoms with Crippen molar-refractivity contribution in [3.8, 4) is 11.5 Å². The highest BCUT2D eigenvalue weighted by Crippen LogP contribution is 2.32. The van der Waals surface area contributed by atoms with Crippen LogP contribution < -0.4 is 11.5 Å². The first-order valence-corrected chi connectivity index (χ1v) is 6.60. The maximum Gasteiger partial charge on any atom is 0.122 e. The molecular weight excluding hydrogens is 252 g/mol. The molecule has 0 heterocycles. The van der Waals surface area contributed by atoms with Crippen molar-refractivity contribution in [3.63, 3.8) is 0 Å². The van der Waals surface area contributed by atoms with E-state index in [1.807, 2.05) is 6.92 Å². The Hall–Kier alpha value is -2.36. The zero-order valence-corrected chi connectivity index (χ0v) is 11.8. The minimum absolute atomic E-state index is 0.207. The Bertz CT molecular complexity index is 651. The summed E-state index contributed by atoms with van der Waals surface area (Å²) in [6.07, 6.45) is 1.09. The Morgan fingerprint density at radius 1 is 0.850 bits per heavy atom. The molecule has 4 heteroatoms. The van der Waals surface area contributed by atoms with Crippen molar-refractivity contribution in [2.45, 2.75) is 26.7 Å². The lowest BCUT2D eigenvalue weighted by Gasteiger charge is -2.13. The van der Waals surface area contributed by atoms with Gasteiger partial charge in [0, 0.05) is 28.9 Å². The maximum absolute atomic E-state index is 10.2. The second-order valence-corrected chi connectivity index (χ2v) is 5.06. The number of phenols is 2. The van der Waals surface area contributed by atoms with Gasteiger partial charge < -0.3 is 21.7 Å². The van der Waals surface area contributed by atoms with E-state index in [9.17, 15) is 10.2 Å². The van der Waals surface area contributed by atoms with Gasteiger partial charge in [-0.2, -0.15) is 0 Å². The summed E-state index contributed by atoms with van der Waals surface area (Å²) in [6.45, 7) is 3.76. The van der Waals surface area contributed by atoms with E-state index < -0.39 is 0 Å². The Balaban J connectivity index is 2.47. The fourth-order valence-corrected chi connectivity index (χ4v) is 2.41. The number of aromatic hydroxyl groups is 2. The summed E-state index contributed by atoms with van der Waals surface area (Å²) < 4.78 is 0. The van der Waals surface area contributed by atoms with Gasteiger partial charge in [-0.3, -0.25) is 0 Å². The molecule has 0 amide bonds. The average Bonchev–Trinajstić information content (AvgIpc) is 2.39. The van der Waals surface area contributed by atoms with E-state index >= 15 is 0 Å². The lowest BCUT2D eigenvalue weighted by molar-refractivity contribution is 0.457. The number of nitrogen functional groups attached to an aromatic ring is 2. The summed E-state index contributed by atoms with van der Waals surface area (Å²) in [6, 6.07) is 6.93. The number of phenolic OH excluding ortho intramolecular Hbond substituents is 2. The zero-order valence-electron chi connectivity index (χ0n) is 11.8. The Morgan fingerprint density at radius 3 is 1.95 bits per heavy atom. The largest absolute Gasteiger partial charge is 0.507 e. The maximum atomic E-state index is 10.2. The van der Waals surface area contributed by atoms with Crippen molar-refractivity contribution >= 4 is 11.4 Å². The van der Waals surface area contributed by atoms with Gasteiger partial charge in [0.15, 0.2) is 0 Å². The van der Waals surface area contributed by atoms with Crippen molar-refractivity contribution in [1.29, 1.82) is 0 Å². The third-order valence-electron chi connectivity index (χ3n) is 3.45. The Kier molecular flexibility index (Phi) is 3.74. The van der Waals surface area contributed by atoms with Gasteiger partial charge in [-0.1, -0.05) is 6.92 Å². The van der Waals surface area contributed by atoms with Crippen molar-refractivity contribution in [2.75, 3.05) is 11.5 Å². The molecule has 6 N–H and O–H groups in total. The van der Waals surface area contributed by atoms with Crippen LogP contribution in [0.15, 0.2) is 24.3 Å². The van der Waals surface area contributed by atoms with Gasteiger partial charge in [-0.15, -0.1) is 0 Å².